The van der Waals surface area contributed by atoms with Gasteiger partial charge in [-0.1, -0.05) is 12.1 Å². The Labute approximate surface area is 180 Å². The number of aliphatic imine (C=N–C) groups is 1. The molecule has 30 heavy (non-hydrogen) atoms. The number of nitrogens with zero attached hydrogens (tertiary/aromatic N) is 2. The standard InChI is InChI=1S/C24H36FN3O2/c1-2-26-23(27-18-24(11-12-24)19-6-5-7-20(25)16-19)28-13-9-21(10-14-28)30-17-22-8-3-4-15-29-22/h5-7,16,21-22H,2-4,8-15,17-18H2,1H3,(H,26,27). The van der Waals surface area contributed by atoms with Crippen LogP contribution in [-0.2, 0) is 14.9 Å². The molecule has 6 heteroatoms. The first-order valence-corrected chi connectivity index (χ1v) is 11.7. The molecule has 4 rings (SSSR count). The largest absolute Gasteiger partial charge is 0.376 e. The monoisotopic (exact) mass is 417 g/mol. The summed E-state index contributed by atoms with van der Waals surface area (Å²) in [5.74, 6) is 0.824. The van der Waals surface area contributed by atoms with Gasteiger partial charge in [0.1, 0.15) is 5.82 Å². The zero-order valence-electron chi connectivity index (χ0n) is 18.2. The maximum atomic E-state index is 13.7. The minimum absolute atomic E-state index is 0.0181. The summed E-state index contributed by atoms with van der Waals surface area (Å²) in [6.07, 6.45) is 8.37. The second-order valence-corrected chi connectivity index (χ2v) is 8.97. The smallest absolute Gasteiger partial charge is 0.193 e. The van der Waals surface area contributed by atoms with Crippen LogP contribution >= 0.6 is 0 Å². The summed E-state index contributed by atoms with van der Waals surface area (Å²) in [7, 11) is 0. The summed E-state index contributed by atoms with van der Waals surface area (Å²) >= 11 is 0. The van der Waals surface area contributed by atoms with Crippen LogP contribution in [0, 0.1) is 5.82 Å². The van der Waals surface area contributed by atoms with E-state index in [1.54, 1.807) is 6.07 Å². The van der Waals surface area contributed by atoms with E-state index < -0.39 is 0 Å². The molecule has 0 spiro atoms. The van der Waals surface area contributed by atoms with Crippen molar-refractivity contribution in [1.29, 1.82) is 0 Å². The van der Waals surface area contributed by atoms with E-state index in [4.69, 9.17) is 14.5 Å². The van der Waals surface area contributed by atoms with E-state index >= 15 is 0 Å². The SMILES string of the molecule is CCNC(=NCC1(c2cccc(F)c2)CC1)N1CCC(OCC2CCCCO2)CC1. The highest BCUT2D eigenvalue weighted by atomic mass is 19.1. The predicted octanol–water partition coefficient (Wildman–Crippen LogP) is 3.87. The first-order valence-electron chi connectivity index (χ1n) is 11.7. The third kappa shape index (κ3) is 5.52. The van der Waals surface area contributed by atoms with Crippen molar-refractivity contribution in [3.05, 3.63) is 35.6 Å². The lowest BCUT2D eigenvalue weighted by atomic mass is 9.96. The van der Waals surface area contributed by atoms with Crippen molar-refractivity contribution in [2.75, 3.05) is 39.4 Å². The molecule has 0 bridgehead atoms. The van der Waals surface area contributed by atoms with E-state index in [-0.39, 0.29) is 17.3 Å². The summed E-state index contributed by atoms with van der Waals surface area (Å²) < 4.78 is 25.6. The highest BCUT2D eigenvalue weighted by Crippen LogP contribution is 2.48. The van der Waals surface area contributed by atoms with Crippen LogP contribution in [0.15, 0.2) is 29.3 Å². The van der Waals surface area contributed by atoms with Crippen LogP contribution < -0.4 is 5.32 Å². The number of hydrogen-bond donors (Lipinski definition) is 1. The topological polar surface area (TPSA) is 46.1 Å². The quantitative estimate of drug-likeness (QED) is 0.540. The van der Waals surface area contributed by atoms with Gasteiger partial charge in [-0.2, -0.15) is 0 Å². The van der Waals surface area contributed by atoms with Crippen molar-refractivity contribution in [2.24, 2.45) is 4.99 Å². The fraction of sp³-hybridized carbons (Fsp3) is 0.708. The average Bonchev–Trinajstić information content (AvgIpc) is 3.58. The number of hydrogen-bond acceptors (Lipinski definition) is 3. The molecule has 3 fully saturated rings. The normalized spacial score (nSPS) is 24.7. The van der Waals surface area contributed by atoms with Crippen molar-refractivity contribution < 1.29 is 13.9 Å². The molecule has 1 unspecified atom stereocenters. The highest BCUT2D eigenvalue weighted by Gasteiger charge is 2.44. The minimum atomic E-state index is -0.157. The van der Waals surface area contributed by atoms with Crippen molar-refractivity contribution in [3.8, 4) is 0 Å². The van der Waals surface area contributed by atoms with Crippen molar-refractivity contribution in [1.82, 2.24) is 10.2 Å². The second-order valence-electron chi connectivity index (χ2n) is 8.97. The van der Waals surface area contributed by atoms with Gasteiger partial charge in [0.25, 0.3) is 0 Å². The molecule has 0 amide bonds. The Morgan fingerprint density at radius 2 is 2.10 bits per heavy atom. The number of likely N-dealkylation sites (tertiary alicyclic amines) is 1. The molecular weight excluding hydrogens is 381 g/mol. The maximum Gasteiger partial charge on any atom is 0.193 e. The molecule has 2 heterocycles. The van der Waals surface area contributed by atoms with Crippen LogP contribution in [0.5, 0.6) is 0 Å². The first kappa shape index (κ1) is 21.6. The van der Waals surface area contributed by atoms with Crippen LogP contribution in [0.3, 0.4) is 0 Å². The molecule has 166 valence electrons. The van der Waals surface area contributed by atoms with E-state index in [0.29, 0.717) is 12.6 Å². The molecule has 0 radical (unpaired) electrons. The number of halogens is 1. The van der Waals surface area contributed by atoms with Gasteiger partial charge in [-0.3, -0.25) is 4.99 Å². The van der Waals surface area contributed by atoms with Crippen LogP contribution in [0.4, 0.5) is 4.39 Å². The Hall–Kier alpha value is -1.66. The maximum absolute atomic E-state index is 13.7. The van der Waals surface area contributed by atoms with Crippen LogP contribution in [0.2, 0.25) is 0 Å². The van der Waals surface area contributed by atoms with Gasteiger partial charge >= 0.3 is 0 Å². The van der Waals surface area contributed by atoms with Gasteiger partial charge in [0, 0.05) is 31.7 Å². The zero-order chi connectivity index (χ0) is 20.8. The molecule has 1 N–H and O–H groups in total. The van der Waals surface area contributed by atoms with Gasteiger partial charge in [-0.25, -0.2) is 4.39 Å². The number of piperidine rings is 1. The van der Waals surface area contributed by atoms with Crippen LogP contribution in [-0.4, -0.2) is 62.5 Å². The lowest BCUT2D eigenvalue weighted by Gasteiger charge is -2.35. The van der Waals surface area contributed by atoms with E-state index in [1.165, 1.54) is 18.9 Å². The Balaban J connectivity index is 1.29. The predicted molar refractivity (Wildman–Crippen MR) is 117 cm³/mol. The van der Waals surface area contributed by atoms with E-state index in [2.05, 4.69) is 17.1 Å². The molecule has 2 aliphatic heterocycles. The third-order valence-electron chi connectivity index (χ3n) is 6.69. The summed E-state index contributed by atoms with van der Waals surface area (Å²) in [6, 6.07) is 7.04. The highest BCUT2D eigenvalue weighted by molar-refractivity contribution is 5.80. The molecule has 3 aliphatic rings. The molecule has 5 nitrogen and oxygen atoms in total. The Morgan fingerprint density at radius 1 is 1.27 bits per heavy atom. The molecule has 1 aromatic rings. The fourth-order valence-corrected chi connectivity index (χ4v) is 4.58. The third-order valence-corrected chi connectivity index (χ3v) is 6.69. The number of guanidine groups is 1. The number of rotatable bonds is 7. The summed E-state index contributed by atoms with van der Waals surface area (Å²) in [5.41, 5.74) is 1.10. The van der Waals surface area contributed by atoms with Gasteiger partial charge in [0.15, 0.2) is 5.96 Å². The van der Waals surface area contributed by atoms with Crippen LogP contribution in [0.25, 0.3) is 0 Å². The Kier molecular flexibility index (Phi) is 7.26. The Morgan fingerprint density at radius 3 is 2.77 bits per heavy atom. The van der Waals surface area contributed by atoms with Gasteiger partial charge in [-0.05, 0) is 69.6 Å². The lowest BCUT2D eigenvalue weighted by molar-refractivity contribution is -0.0721. The lowest BCUT2D eigenvalue weighted by Crippen LogP contribution is -2.47. The van der Waals surface area contributed by atoms with Gasteiger partial charge in [0.2, 0.25) is 0 Å². The van der Waals surface area contributed by atoms with Crippen molar-refractivity contribution >= 4 is 5.96 Å². The molecule has 1 saturated carbocycles. The summed E-state index contributed by atoms with van der Waals surface area (Å²) in [6.45, 7) is 7.19. The van der Waals surface area contributed by atoms with Crippen molar-refractivity contribution in [3.63, 3.8) is 0 Å². The molecule has 1 aliphatic carbocycles. The van der Waals surface area contributed by atoms with E-state index in [0.717, 1.165) is 76.5 Å². The van der Waals surface area contributed by atoms with Gasteiger partial charge < -0.3 is 19.7 Å². The van der Waals surface area contributed by atoms with Gasteiger partial charge in [0.05, 0.1) is 25.4 Å². The molecule has 0 aromatic heterocycles. The van der Waals surface area contributed by atoms with Crippen molar-refractivity contribution in [2.45, 2.75) is 69.5 Å². The summed E-state index contributed by atoms with van der Waals surface area (Å²) in [5, 5.41) is 3.46. The number of ether oxygens (including phenoxy) is 2. The Bertz CT molecular complexity index is 708. The molecule has 1 atom stereocenters. The van der Waals surface area contributed by atoms with E-state index in [1.807, 2.05) is 12.1 Å². The minimum Gasteiger partial charge on any atom is -0.376 e. The first-order chi connectivity index (χ1) is 14.7. The fourth-order valence-electron chi connectivity index (χ4n) is 4.58. The molecule has 1 aromatic carbocycles. The van der Waals surface area contributed by atoms with Gasteiger partial charge in [-0.15, -0.1) is 0 Å². The van der Waals surface area contributed by atoms with E-state index in [9.17, 15) is 4.39 Å². The van der Waals surface area contributed by atoms with Crippen LogP contribution in [0.1, 0.15) is 57.4 Å². The summed E-state index contributed by atoms with van der Waals surface area (Å²) in [4.78, 5) is 7.32. The zero-order valence-corrected chi connectivity index (χ0v) is 18.2. The average molecular weight is 418 g/mol. The molecular formula is C24H36FN3O2. The number of benzene rings is 1. The number of nitrogens with one attached hydrogen (secondary N) is 1. The molecule has 2 saturated heterocycles. The second kappa shape index (κ2) is 10.1.